The summed E-state index contributed by atoms with van der Waals surface area (Å²) in [6.07, 6.45) is 1.61. The number of ether oxygens (including phenoxy) is 1. The molecular formula is C25H26FN7O3. The van der Waals surface area contributed by atoms with Gasteiger partial charge in [-0.15, -0.1) is 0 Å². The average molecular weight is 492 g/mol. The van der Waals surface area contributed by atoms with Crippen LogP contribution in [0.15, 0.2) is 24.4 Å². The third kappa shape index (κ3) is 3.58. The summed E-state index contributed by atoms with van der Waals surface area (Å²) in [5, 5.41) is 5.91. The fourth-order valence-electron chi connectivity index (χ4n) is 5.23. The summed E-state index contributed by atoms with van der Waals surface area (Å²) in [4.78, 5) is 39.5. The first-order valence-corrected chi connectivity index (χ1v) is 12.0. The Labute approximate surface area is 207 Å². The van der Waals surface area contributed by atoms with Crippen LogP contribution in [0, 0.1) is 12.7 Å². The van der Waals surface area contributed by atoms with E-state index in [1.165, 1.54) is 0 Å². The monoisotopic (exact) mass is 491 g/mol. The molecule has 1 fully saturated rings. The van der Waals surface area contributed by atoms with Gasteiger partial charge in [0.05, 0.1) is 40.7 Å². The Kier molecular flexibility index (Phi) is 5.36. The molecular weight excluding hydrogens is 465 g/mol. The van der Waals surface area contributed by atoms with Crippen LogP contribution in [0.5, 0.6) is 5.75 Å². The molecule has 0 atom stereocenters. The van der Waals surface area contributed by atoms with Crippen LogP contribution in [0.25, 0.3) is 10.9 Å². The van der Waals surface area contributed by atoms with E-state index in [1.54, 1.807) is 30.3 Å². The molecule has 0 bridgehead atoms. The molecule has 2 aromatic heterocycles. The van der Waals surface area contributed by atoms with E-state index in [0.29, 0.717) is 53.3 Å². The molecule has 0 unspecified atom stereocenters. The number of rotatable bonds is 4. The number of carbonyl (C=O) groups excluding carboxylic acids is 2. The predicted octanol–water partition coefficient (Wildman–Crippen LogP) is 2.50. The molecule has 2 N–H and O–H groups in total. The van der Waals surface area contributed by atoms with Crippen LogP contribution < -0.4 is 25.2 Å². The molecule has 3 aliphatic rings. The maximum Gasteiger partial charge on any atom is 0.326 e. The van der Waals surface area contributed by atoms with Gasteiger partial charge >= 0.3 is 6.03 Å². The zero-order chi connectivity index (χ0) is 25.0. The lowest BCUT2D eigenvalue weighted by Crippen LogP contribution is -2.46. The summed E-state index contributed by atoms with van der Waals surface area (Å²) >= 11 is 0. The smallest absolute Gasteiger partial charge is 0.326 e. The fraction of sp³-hybridized carbons (Fsp3) is 0.360. The van der Waals surface area contributed by atoms with Crippen LogP contribution in [0.1, 0.15) is 21.7 Å². The molecule has 5 heterocycles. The zero-order valence-corrected chi connectivity index (χ0v) is 20.1. The summed E-state index contributed by atoms with van der Waals surface area (Å²) in [6.45, 7) is 6.06. The van der Waals surface area contributed by atoms with Crippen molar-refractivity contribution in [3.8, 4) is 5.75 Å². The first-order valence-electron chi connectivity index (χ1n) is 12.0. The van der Waals surface area contributed by atoms with Gasteiger partial charge in [0.1, 0.15) is 18.0 Å². The molecule has 186 valence electrons. The van der Waals surface area contributed by atoms with Crippen molar-refractivity contribution in [1.82, 2.24) is 20.2 Å². The molecule has 0 spiro atoms. The zero-order valence-electron chi connectivity index (χ0n) is 20.1. The van der Waals surface area contributed by atoms with E-state index in [0.717, 1.165) is 37.6 Å². The molecule has 1 saturated heterocycles. The highest BCUT2D eigenvalue weighted by molar-refractivity contribution is 6.19. The van der Waals surface area contributed by atoms with E-state index in [4.69, 9.17) is 4.74 Å². The van der Waals surface area contributed by atoms with Gasteiger partial charge in [0.15, 0.2) is 11.6 Å². The van der Waals surface area contributed by atoms with Crippen LogP contribution in [-0.4, -0.2) is 73.2 Å². The van der Waals surface area contributed by atoms with E-state index in [1.807, 2.05) is 13.0 Å². The maximum atomic E-state index is 15.7. The Morgan fingerprint density at radius 2 is 2.03 bits per heavy atom. The molecule has 6 rings (SSSR count). The average Bonchev–Trinajstić information content (AvgIpc) is 2.90. The number of nitrogens with one attached hydrogen (secondary N) is 2. The number of aryl methyl sites for hydroxylation is 1. The third-order valence-electron chi connectivity index (χ3n) is 7.05. The van der Waals surface area contributed by atoms with Crippen molar-refractivity contribution in [2.75, 3.05) is 61.5 Å². The lowest BCUT2D eigenvalue weighted by atomic mass is 10.0. The summed E-state index contributed by atoms with van der Waals surface area (Å²) < 4.78 is 21.3. The quantitative estimate of drug-likeness (QED) is 0.578. The number of nitrogens with zero attached hydrogens (tertiary/aromatic N) is 5. The minimum absolute atomic E-state index is 0.176. The molecule has 11 heteroatoms. The second-order valence-corrected chi connectivity index (χ2v) is 9.16. The largest absolute Gasteiger partial charge is 0.488 e. The van der Waals surface area contributed by atoms with Gasteiger partial charge < -0.3 is 20.3 Å². The molecule has 0 saturated carbocycles. The molecule has 3 amide bonds. The van der Waals surface area contributed by atoms with Crippen molar-refractivity contribution < 1.29 is 18.7 Å². The topological polar surface area (TPSA) is 103 Å². The van der Waals surface area contributed by atoms with Gasteiger partial charge in [-0.05, 0) is 25.1 Å². The Morgan fingerprint density at radius 3 is 2.78 bits per heavy atom. The van der Waals surface area contributed by atoms with Gasteiger partial charge in [-0.25, -0.2) is 14.2 Å². The minimum atomic E-state index is -0.427. The number of benzene rings is 1. The van der Waals surface area contributed by atoms with E-state index in [9.17, 15) is 9.59 Å². The summed E-state index contributed by atoms with van der Waals surface area (Å²) in [7, 11) is 1.58. The molecule has 0 aliphatic carbocycles. The normalized spacial score (nSPS) is 17.1. The van der Waals surface area contributed by atoms with Crippen LogP contribution in [-0.2, 0) is 6.54 Å². The standard InChI is InChI=1S/C25H26FN7O3/c1-14-18(4-3-16(29-14)24(34)27-2)32-7-5-31(6-8-32)13-15-11-17-20-22(21(15)26)30-25(35)33-9-10-36-19(12-28-17)23(20)33/h3-4,11-12H,5-10,13H2,1-2H3,(H,27,34)(H,30,35). The van der Waals surface area contributed by atoms with Gasteiger partial charge in [-0.2, -0.15) is 0 Å². The number of aromatic nitrogens is 2. The minimum Gasteiger partial charge on any atom is -0.488 e. The number of hydrogen-bond acceptors (Lipinski definition) is 7. The molecule has 3 aromatic rings. The number of carbonyl (C=O) groups is 2. The van der Waals surface area contributed by atoms with Crippen molar-refractivity contribution >= 4 is 39.9 Å². The second-order valence-electron chi connectivity index (χ2n) is 9.16. The first-order chi connectivity index (χ1) is 17.4. The summed E-state index contributed by atoms with van der Waals surface area (Å²) in [5.74, 6) is -0.137. The van der Waals surface area contributed by atoms with Crippen molar-refractivity contribution in [2.24, 2.45) is 0 Å². The van der Waals surface area contributed by atoms with E-state index in [2.05, 4.69) is 30.4 Å². The van der Waals surface area contributed by atoms with Crippen LogP contribution in [0.3, 0.4) is 0 Å². The van der Waals surface area contributed by atoms with Crippen molar-refractivity contribution in [2.45, 2.75) is 13.5 Å². The highest BCUT2D eigenvalue weighted by Crippen LogP contribution is 2.45. The van der Waals surface area contributed by atoms with Crippen molar-refractivity contribution in [3.05, 3.63) is 47.2 Å². The predicted molar refractivity (Wildman–Crippen MR) is 133 cm³/mol. The van der Waals surface area contributed by atoms with E-state index < -0.39 is 5.82 Å². The number of piperazine rings is 1. The van der Waals surface area contributed by atoms with Gasteiger partial charge in [0.2, 0.25) is 0 Å². The van der Waals surface area contributed by atoms with Crippen LogP contribution >= 0.6 is 0 Å². The Morgan fingerprint density at radius 1 is 1.22 bits per heavy atom. The Bertz CT molecular complexity index is 1400. The maximum absolute atomic E-state index is 15.7. The van der Waals surface area contributed by atoms with Crippen molar-refractivity contribution in [1.29, 1.82) is 0 Å². The number of pyridine rings is 2. The van der Waals surface area contributed by atoms with Gasteiger partial charge in [-0.1, -0.05) is 0 Å². The lowest BCUT2D eigenvalue weighted by molar-refractivity contribution is 0.0958. The SMILES string of the molecule is CNC(=O)c1ccc(N2CCN(Cc3cc4ncc5c6c4c(c3F)NC(=O)N6CCO5)CC2)c(C)n1. The molecule has 1 aromatic carbocycles. The molecule has 3 aliphatic heterocycles. The summed E-state index contributed by atoms with van der Waals surface area (Å²) in [6, 6.07) is 5.08. The number of hydrogen-bond donors (Lipinski definition) is 2. The van der Waals surface area contributed by atoms with Gasteiger partial charge in [0.25, 0.3) is 5.91 Å². The Balaban J connectivity index is 1.22. The van der Waals surface area contributed by atoms with Crippen molar-refractivity contribution in [3.63, 3.8) is 0 Å². The molecule has 0 radical (unpaired) electrons. The number of amides is 3. The van der Waals surface area contributed by atoms with Crippen LogP contribution in [0.4, 0.5) is 26.2 Å². The number of anilines is 3. The highest BCUT2D eigenvalue weighted by Gasteiger charge is 2.34. The van der Waals surface area contributed by atoms with Gasteiger partial charge in [-0.3, -0.25) is 19.6 Å². The number of urea groups is 1. The van der Waals surface area contributed by atoms with Gasteiger partial charge in [0, 0.05) is 45.3 Å². The highest BCUT2D eigenvalue weighted by atomic mass is 19.1. The van der Waals surface area contributed by atoms with Crippen LogP contribution in [0.2, 0.25) is 0 Å². The van der Waals surface area contributed by atoms with E-state index >= 15 is 4.39 Å². The summed E-state index contributed by atoms with van der Waals surface area (Å²) in [5.41, 5.74) is 4.08. The lowest BCUT2D eigenvalue weighted by Gasteiger charge is -2.37. The number of halogens is 1. The molecule has 10 nitrogen and oxygen atoms in total. The fourth-order valence-corrected chi connectivity index (χ4v) is 5.23. The molecule has 36 heavy (non-hydrogen) atoms. The van der Waals surface area contributed by atoms with E-state index in [-0.39, 0.29) is 17.6 Å². The third-order valence-corrected chi connectivity index (χ3v) is 7.05. The Hall–Kier alpha value is -3.99. The first kappa shape index (κ1) is 22.5. The second kappa shape index (κ2) is 8.59.